The number of nitrogens with zero attached hydrogens (tertiary/aromatic N) is 2. The lowest BCUT2D eigenvalue weighted by Gasteiger charge is -2.27. The van der Waals surface area contributed by atoms with E-state index in [1.165, 1.54) is 17.0 Å². The normalized spacial score (nSPS) is 10.4. The molecule has 3 rings (SSSR count). The highest BCUT2D eigenvalue weighted by Gasteiger charge is 2.22. The minimum absolute atomic E-state index is 0.124. The predicted octanol–water partition coefficient (Wildman–Crippen LogP) is 5.53. The monoisotopic (exact) mass is 481 g/mol. The van der Waals surface area contributed by atoms with Gasteiger partial charge >= 0.3 is 6.03 Å². The van der Waals surface area contributed by atoms with E-state index in [2.05, 4.69) is 11.9 Å². The summed E-state index contributed by atoms with van der Waals surface area (Å²) in [5, 5.41) is 4.76. The minimum Gasteiger partial charge on any atom is -0.494 e. The molecule has 1 aromatic heterocycles. The van der Waals surface area contributed by atoms with Crippen LogP contribution in [0, 0.1) is 5.82 Å². The van der Waals surface area contributed by atoms with E-state index in [-0.39, 0.29) is 24.8 Å². The third kappa shape index (κ3) is 7.45. The van der Waals surface area contributed by atoms with Gasteiger partial charge in [0.1, 0.15) is 18.1 Å². The van der Waals surface area contributed by atoms with Gasteiger partial charge in [-0.2, -0.15) is 0 Å². The van der Waals surface area contributed by atoms with Gasteiger partial charge in [0.2, 0.25) is 5.91 Å². The van der Waals surface area contributed by atoms with E-state index in [0.717, 1.165) is 10.4 Å². The van der Waals surface area contributed by atoms with Crippen LogP contribution < -0.4 is 10.1 Å². The Bertz CT molecular complexity index is 1070. The zero-order valence-electron chi connectivity index (χ0n) is 19.1. The molecular weight excluding hydrogens is 453 g/mol. The molecule has 0 saturated heterocycles. The first-order valence-electron chi connectivity index (χ1n) is 10.9. The highest BCUT2D eigenvalue weighted by Crippen LogP contribution is 2.18. The second-order valence-electron chi connectivity index (χ2n) is 7.51. The van der Waals surface area contributed by atoms with Crippen LogP contribution in [0.15, 0.2) is 78.7 Å². The first-order chi connectivity index (χ1) is 16.5. The maximum absolute atomic E-state index is 13.3. The van der Waals surface area contributed by atoms with Crippen molar-refractivity contribution in [1.29, 1.82) is 0 Å². The maximum atomic E-state index is 13.3. The van der Waals surface area contributed by atoms with Crippen LogP contribution in [0.25, 0.3) is 0 Å². The molecule has 8 heteroatoms. The number of ether oxygens (including phenoxy) is 1. The van der Waals surface area contributed by atoms with Gasteiger partial charge in [0, 0.05) is 23.7 Å². The van der Waals surface area contributed by atoms with Gasteiger partial charge in [0.15, 0.2) is 0 Å². The molecule has 6 nitrogen and oxygen atoms in total. The summed E-state index contributed by atoms with van der Waals surface area (Å²) in [5.41, 5.74) is 1.40. The number of rotatable bonds is 11. The second kappa shape index (κ2) is 12.6. The van der Waals surface area contributed by atoms with Gasteiger partial charge in [-0.3, -0.25) is 4.79 Å². The summed E-state index contributed by atoms with van der Waals surface area (Å²) < 4.78 is 18.7. The number of halogens is 1. The van der Waals surface area contributed by atoms with Gasteiger partial charge in [-0.25, -0.2) is 9.18 Å². The van der Waals surface area contributed by atoms with Crippen molar-refractivity contribution in [1.82, 2.24) is 9.80 Å². The topological polar surface area (TPSA) is 61.9 Å². The smallest absolute Gasteiger partial charge is 0.322 e. The number of nitrogens with one attached hydrogen (secondary N) is 1. The van der Waals surface area contributed by atoms with Gasteiger partial charge in [-0.1, -0.05) is 24.3 Å². The van der Waals surface area contributed by atoms with Crippen LogP contribution in [0.2, 0.25) is 0 Å². The lowest BCUT2D eigenvalue weighted by Crippen LogP contribution is -2.44. The maximum Gasteiger partial charge on any atom is 0.322 e. The molecule has 2 aromatic carbocycles. The zero-order valence-corrected chi connectivity index (χ0v) is 19.9. The van der Waals surface area contributed by atoms with E-state index < -0.39 is 6.03 Å². The van der Waals surface area contributed by atoms with E-state index in [0.29, 0.717) is 31.1 Å². The first-order valence-corrected chi connectivity index (χ1v) is 11.8. The molecule has 0 aliphatic rings. The SMILES string of the molecule is C=CCN(CC(=O)N(Cc1ccc(F)cc1)Cc1cccs1)C(=O)Nc1ccc(OCC)cc1. The molecule has 0 radical (unpaired) electrons. The van der Waals surface area contributed by atoms with Crippen molar-refractivity contribution in [3.8, 4) is 5.75 Å². The Labute approximate surface area is 203 Å². The first kappa shape index (κ1) is 25.0. The Hall–Kier alpha value is -3.65. The van der Waals surface area contributed by atoms with Gasteiger partial charge in [0.25, 0.3) is 0 Å². The highest BCUT2D eigenvalue weighted by atomic mass is 32.1. The summed E-state index contributed by atoms with van der Waals surface area (Å²) in [6.07, 6.45) is 1.58. The standard InChI is InChI=1S/C26H28FN3O3S/c1-3-15-29(26(32)28-22-11-13-23(14-12-22)33-4-2)19-25(31)30(18-24-6-5-16-34-24)17-20-7-9-21(27)10-8-20/h3,5-14,16H,1,4,15,17-19H2,2H3,(H,28,32). The second-order valence-corrected chi connectivity index (χ2v) is 8.54. The summed E-state index contributed by atoms with van der Waals surface area (Å²) in [5.74, 6) is 0.160. The molecule has 0 aliphatic heterocycles. The van der Waals surface area contributed by atoms with E-state index in [1.54, 1.807) is 58.7 Å². The van der Waals surface area contributed by atoms with Gasteiger partial charge in [-0.15, -0.1) is 17.9 Å². The summed E-state index contributed by atoms with van der Waals surface area (Å²) in [6.45, 7) is 6.96. The molecule has 0 atom stereocenters. The molecule has 3 aromatic rings. The van der Waals surface area contributed by atoms with Gasteiger partial charge in [-0.05, 0) is 60.3 Å². The Morgan fingerprint density at radius 1 is 1.06 bits per heavy atom. The summed E-state index contributed by atoms with van der Waals surface area (Å²) >= 11 is 1.55. The van der Waals surface area contributed by atoms with Gasteiger partial charge in [0.05, 0.1) is 13.2 Å². The molecule has 0 spiro atoms. The number of amides is 3. The van der Waals surface area contributed by atoms with Crippen molar-refractivity contribution in [2.75, 3.05) is 25.0 Å². The van der Waals surface area contributed by atoms with Crippen LogP contribution in [0.1, 0.15) is 17.4 Å². The van der Waals surface area contributed by atoms with E-state index in [1.807, 2.05) is 24.4 Å². The molecule has 1 heterocycles. The largest absolute Gasteiger partial charge is 0.494 e. The molecule has 0 saturated carbocycles. The minimum atomic E-state index is -0.407. The van der Waals surface area contributed by atoms with Crippen molar-refractivity contribution in [3.05, 3.63) is 95.0 Å². The van der Waals surface area contributed by atoms with E-state index >= 15 is 0 Å². The number of anilines is 1. The summed E-state index contributed by atoms with van der Waals surface area (Å²) in [6, 6.07) is 16.6. The van der Waals surface area contributed by atoms with Crippen molar-refractivity contribution in [2.45, 2.75) is 20.0 Å². The van der Waals surface area contributed by atoms with Crippen LogP contribution in [-0.4, -0.2) is 41.4 Å². The molecule has 3 amide bonds. The lowest BCUT2D eigenvalue weighted by atomic mass is 10.2. The number of hydrogen-bond acceptors (Lipinski definition) is 4. The number of hydrogen-bond donors (Lipinski definition) is 1. The fourth-order valence-corrected chi connectivity index (χ4v) is 3.99. The summed E-state index contributed by atoms with van der Waals surface area (Å²) in [7, 11) is 0. The lowest BCUT2D eigenvalue weighted by molar-refractivity contribution is -0.132. The fourth-order valence-electron chi connectivity index (χ4n) is 3.28. The number of carbonyl (C=O) groups excluding carboxylic acids is 2. The van der Waals surface area contributed by atoms with E-state index in [4.69, 9.17) is 4.74 Å². The predicted molar refractivity (Wildman–Crippen MR) is 133 cm³/mol. The number of benzene rings is 2. The molecule has 0 aliphatic carbocycles. The molecular formula is C26H28FN3O3S. The van der Waals surface area contributed by atoms with Crippen LogP contribution in [0.5, 0.6) is 5.75 Å². The van der Waals surface area contributed by atoms with Gasteiger partial charge < -0.3 is 19.9 Å². The van der Waals surface area contributed by atoms with Crippen molar-refractivity contribution < 1.29 is 18.7 Å². The molecule has 0 bridgehead atoms. The third-order valence-electron chi connectivity index (χ3n) is 4.95. The number of urea groups is 1. The highest BCUT2D eigenvalue weighted by molar-refractivity contribution is 7.09. The Morgan fingerprint density at radius 3 is 2.41 bits per heavy atom. The Morgan fingerprint density at radius 2 is 1.79 bits per heavy atom. The number of thiophene rings is 1. The van der Waals surface area contributed by atoms with Crippen molar-refractivity contribution in [3.63, 3.8) is 0 Å². The molecule has 34 heavy (non-hydrogen) atoms. The molecule has 1 N–H and O–H groups in total. The number of carbonyl (C=O) groups is 2. The molecule has 178 valence electrons. The van der Waals surface area contributed by atoms with Crippen molar-refractivity contribution in [2.24, 2.45) is 0 Å². The summed E-state index contributed by atoms with van der Waals surface area (Å²) in [4.78, 5) is 30.3. The Kier molecular flexibility index (Phi) is 9.22. The average Bonchev–Trinajstić information content (AvgIpc) is 3.34. The van der Waals surface area contributed by atoms with Crippen LogP contribution >= 0.6 is 11.3 Å². The average molecular weight is 482 g/mol. The van der Waals surface area contributed by atoms with Crippen LogP contribution in [-0.2, 0) is 17.9 Å². The van der Waals surface area contributed by atoms with Crippen LogP contribution in [0.3, 0.4) is 0 Å². The quantitative estimate of drug-likeness (QED) is 0.366. The van der Waals surface area contributed by atoms with Crippen molar-refractivity contribution >= 4 is 29.0 Å². The zero-order chi connectivity index (χ0) is 24.3. The van der Waals surface area contributed by atoms with Crippen LogP contribution in [0.4, 0.5) is 14.9 Å². The van der Waals surface area contributed by atoms with E-state index in [9.17, 15) is 14.0 Å². The molecule has 0 fully saturated rings. The fraction of sp³-hybridized carbons (Fsp3) is 0.231. The third-order valence-corrected chi connectivity index (χ3v) is 5.81. The molecule has 0 unspecified atom stereocenters. The Balaban J connectivity index is 1.70.